The summed E-state index contributed by atoms with van der Waals surface area (Å²) >= 11 is 6.35. The van der Waals surface area contributed by atoms with Gasteiger partial charge in [0.05, 0.1) is 15.2 Å². The van der Waals surface area contributed by atoms with E-state index in [0.717, 1.165) is 17.8 Å². The molecule has 12 heteroatoms. The lowest BCUT2D eigenvalue weighted by atomic mass is 9.73. The van der Waals surface area contributed by atoms with Crippen molar-refractivity contribution < 1.29 is 27.1 Å². The van der Waals surface area contributed by atoms with Crippen LogP contribution in [0.3, 0.4) is 0 Å². The zero-order chi connectivity index (χ0) is 28.9. The van der Waals surface area contributed by atoms with Gasteiger partial charge in [0.15, 0.2) is 21.5 Å². The predicted molar refractivity (Wildman–Crippen MR) is 147 cm³/mol. The highest BCUT2D eigenvalue weighted by molar-refractivity contribution is 7.92. The van der Waals surface area contributed by atoms with Crippen LogP contribution in [0.25, 0.3) is 5.69 Å². The number of halogens is 3. The minimum atomic E-state index is -4.01. The number of hydrogen-bond donors (Lipinski definition) is 2. The van der Waals surface area contributed by atoms with Gasteiger partial charge in [-0.05, 0) is 80.0 Å². The molecule has 2 saturated carbocycles. The Bertz CT molecular complexity index is 1730. The van der Waals surface area contributed by atoms with Crippen LogP contribution in [-0.4, -0.2) is 39.2 Å². The molecule has 2 aromatic heterocycles. The van der Waals surface area contributed by atoms with Gasteiger partial charge in [0.2, 0.25) is 0 Å². The molecule has 2 N–H and O–H groups in total. The molecular formula is C29H25ClF2N4O4S. The second-order valence-electron chi connectivity index (χ2n) is 10.5. The van der Waals surface area contributed by atoms with Gasteiger partial charge in [0, 0.05) is 47.8 Å². The van der Waals surface area contributed by atoms with Crippen LogP contribution in [0.15, 0.2) is 78.2 Å². The zero-order valence-electron chi connectivity index (χ0n) is 21.5. The highest BCUT2D eigenvalue weighted by Gasteiger charge is 2.58. The van der Waals surface area contributed by atoms with Crippen molar-refractivity contribution >= 4 is 33.0 Å². The summed E-state index contributed by atoms with van der Waals surface area (Å²) in [6, 6.07) is 10.4. The van der Waals surface area contributed by atoms with Crippen LogP contribution in [-0.2, 0) is 15.4 Å². The maximum Gasteiger partial charge on any atom is 0.255 e. The Morgan fingerprint density at radius 1 is 1.00 bits per heavy atom. The minimum absolute atomic E-state index is 0.00706. The fourth-order valence-electron chi connectivity index (χ4n) is 6.25. The predicted octanol–water partition coefficient (Wildman–Crippen LogP) is 5.30. The maximum absolute atomic E-state index is 13.9. The number of rotatable bonds is 6. The van der Waals surface area contributed by atoms with E-state index >= 15 is 0 Å². The summed E-state index contributed by atoms with van der Waals surface area (Å²) in [6.07, 6.45) is 8.35. The molecule has 0 saturated heterocycles. The average molecular weight is 599 g/mol. The first-order valence-corrected chi connectivity index (χ1v) is 15.0. The van der Waals surface area contributed by atoms with Crippen LogP contribution in [0.2, 0.25) is 5.02 Å². The molecule has 0 spiro atoms. The van der Waals surface area contributed by atoms with Crippen LogP contribution >= 0.6 is 11.6 Å². The summed E-state index contributed by atoms with van der Waals surface area (Å²) in [5, 5.41) is 13.6. The smallest absolute Gasteiger partial charge is 0.255 e. The molecule has 1 amide bonds. The van der Waals surface area contributed by atoms with Crippen LogP contribution in [0, 0.1) is 23.5 Å². The molecule has 2 aliphatic carbocycles. The Hall–Kier alpha value is -3.67. The van der Waals surface area contributed by atoms with Crippen molar-refractivity contribution in [3.63, 3.8) is 0 Å². The summed E-state index contributed by atoms with van der Waals surface area (Å²) in [5.41, 5.74) is -0.511. The third-order valence-corrected chi connectivity index (χ3v) is 10.9. The first-order chi connectivity index (χ1) is 19.6. The summed E-state index contributed by atoms with van der Waals surface area (Å²) < 4.78 is 56.5. The Kier molecular flexibility index (Phi) is 6.91. The van der Waals surface area contributed by atoms with Crippen molar-refractivity contribution in [2.45, 2.75) is 41.4 Å². The van der Waals surface area contributed by atoms with Gasteiger partial charge in [0.25, 0.3) is 5.91 Å². The van der Waals surface area contributed by atoms with Crippen LogP contribution in [0.1, 0.15) is 41.9 Å². The number of benzene rings is 2. The van der Waals surface area contributed by atoms with Gasteiger partial charge < -0.3 is 15.0 Å². The number of hydrogen-bond acceptors (Lipinski definition) is 6. The largest absolute Gasteiger partial charge is 0.381 e. The Labute approximate surface area is 239 Å². The second kappa shape index (κ2) is 10.3. The molecule has 0 aliphatic heterocycles. The second-order valence-corrected chi connectivity index (χ2v) is 13.1. The number of fused-ring (bicyclic) bond motifs is 2. The third kappa shape index (κ3) is 4.71. The van der Waals surface area contributed by atoms with Gasteiger partial charge in [-0.15, -0.1) is 0 Å². The van der Waals surface area contributed by atoms with Crippen molar-refractivity contribution in [2.24, 2.45) is 11.8 Å². The molecule has 2 aliphatic rings. The van der Waals surface area contributed by atoms with Gasteiger partial charge in [-0.2, -0.15) is 0 Å². The first-order valence-electron chi connectivity index (χ1n) is 13.1. The van der Waals surface area contributed by atoms with E-state index in [2.05, 4.69) is 15.3 Å². The van der Waals surface area contributed by atoms with Crippen LogP contribution in [0.5, 0.6) is 0 Å². The van der Waals surface area contributed by atoms with Crippen molar-refractivity contribution in [1.82, 2.24) is 14.5 Å². The third-order valence-electron chi connectivity index (χ3n) is 8.26. The molecule has 2 atom stereocenters. The van der Waals surface area contributed by atoms with E-state index in [1.807, 2.05) is 16.7 Å². The summed E-state index contributed by atoms with van der Waals surface area (Å²) in [4.78, 5) is 21.2. The number of nitrogens with zero attached hydrogens (tertiary/aromatic N) is 3. The molecular weight excluding hydrogens is 574 g/mol. The van der Waals surface area contributed by atoms with E-state index in [1.165, 1.54) is 24.3 Å². The summed E-state index contributed by atoms with van der Waals surface area (Å²) in [7, 11) is -4.01. The van der Waals surface area contributed by atoms with E-state index in [0.29, 0.717) is 18.7 Å². The lowest BCUT2D eigenvalue weighted by Gasteiger charge is -2.42. The number of pyridine rings is 1. The molecule has 2 aromatic carbocycles. The monoisotopic (exact) mass is 598 g/mol. The normalized spacial score (nSPS) is 23.9. The molecule has 2 heterocycles. The minimum Gasteiger partial charge on any atom is -0.381 e. The SMILES string of the molecule is O=C(Nc1ccc(F)c(F)c1)c1ccc(Cl)c(S(=O)(=O)[C@H]2CC3CCC(C2)[C@]3(O)c2nccn2-c2ccncc2)c1. The van der Waals surface area contributed by atoms with E-state index in [1.54, 1.807) is 24.8 Å². The van der Waals surface area contributed by atoms with Gasteiger partial charge >= 0.3 is 0 Å². The highest BCUT2D eigenvalue weighted by Crippen LogP contribution is 2.56. The summed E-state index contributed by atoms with van der Waals surface area (Å²) in [6.45, 7) is 0. The van der Waals surface area contributed by atoms with Gasteiger partial charge in [-0.1, -0.05) is 11.6 Å². The van der Waals surface area contributed by atoms with E-state index < -0.39 is 38.2 Å². The molecule has 6 rings (SSSR count). The fourth-order valence-corrected chi connectivity index (χ4v) is 8.65. The van der Waals surface area contributed by atoms with E-state index in [9.17, 15) is 27.1 Å². The standard InChI is InChI=1S/C29H25ClF2N4O4S/c30-23-5-1-17(27(37)35-20-4-6-24(31)25(32)16-20)13-26(23)41(39,40)22-14-18-2-3-19(15-22)29(18,38)28-34-11-12-36(28)21-7-9-33-10-8-21/h1,4-13,16,18-19,22,38H,2-3,14-15H2,(H,35,37)/t18?,19?,22-,29-. The number of imidazole rings is 1. The number of sulfone groups is 1. The van der Waals surface area contributed by atoms with Crippen molar-refractivity contribution in [3.8, 4) is 5.69 Å². The van der Waals surface area contributed by atoms with Crippen molar-refractivity contribution in [3.05, 3.63) is 101 Å². The van der Waals surface area contributed by atoms with Crippen LogP contribution in [0.4, 0.5) is 14.5 Å². The van der Waals surface area contributed by atoms with E-state index in [-0.39, 0.29) is 45.8 Å². The Morgan fingerprint density at radius 3 is 2.39 bits per heavy atom. The van der Waals surface area contributed by atoms with Gasteiger partial charge in [-0.25, -0.2) is 22.2 Å². The number of aliphatic hydroxyl groups is 1. The topological polar surface area (TPSA) is 114 Å². The van der Waals surface area contributed by atoms with Crippen LogP contribution < -0.4 is 5.32 Å². The quantitative estimate of drug-likeness (QED) is 0.311. The molecule has 0 radical (unpaired) electrons. The maximum atomic E-state index is 13.9. The molecule has 8 nitrogen and oxygen atoms in total. The summed E-state index contributed by atoms with van der Waals surface area (Å²) in [5.74, 6) is -3.13. The van der Waals surface area contributed by atoms with Gasteiger partial charge in [-0.3, -0.25) is 9.78 Å². The number of amides is 1. The lowest BCUT2D eigenvalue weighted by molar-refractivity contribution is -0.0729. The molecule has 212 valence electrons. The molecule has 2 unspecified atom stereocenters. The first kappa shape index (κ1) is 27.5. The zero-order valence-corrected chi connectivity index (χ0v) is 23.1. The number of carbonyl (C=O) groups is 1. The van der Waals surface area contributed by atoms with Crippen molar-refractivity contribution in [1.29, 1.82) is 0 Å². The fraction of sp³-hybridized carbons (Fsp3) is 0.276. The molecule has 2 bridgehead atoms. The Morgan fingerprint density at radius 2 is 1.71 bits per heavy atom. The van der Waals surface area contributed by atoms with Crippen molar-refractivity contribution in [2.75, 3.05) is 5.32 Å². The Balaban J connectivity index is 1.27. The number of anilines is 1. The highest BCUT2D eigenvalue weighted by atomic mass is 35.5. The molecule has 2 fully saturated rings. The number of nitrogens with one attached hydrogen (secondary N) is 1. The molecule has 4 aromatic rings. The van der Waals surface area contributed by atoms with Gasteiger partial charge in [0.1, 0.15) is 11.4 Å². The lowest BCUT2D eigenvalue weighted by Crippen LogP contribution is -2.47. The average Bonchev–Trinajstić information content (AvgIpc) is 3.49. The number of carbonyl (C=O) groups excluding carboxylic acids is 1. The number of aromatic nitrogens is 3. The van der Waals surface area contributed by atoms with E-state index in [4.69, 9.17) is 11.6 Å². The molecule has 41 heavy (non-hydrogen) atoms.